The molecule has 30 heavy (non-hydrogen) atoms. The number of urea groups is 1. The zero-order valence-corrected chi connectivity index (χ0v) is 17.8. The van der Waals surface area contributed by atoms with Crippen molar-refractivity contribution in [3.63, 3.8) is 0 Å². The van der Waals surface area contributed by atoms with Crippen molar-refractivity contribution in [1.29, 1.82) is 0 Å². The summed E-state index contributed by atoms with van der Waals surface area (Å²) in [5, 5.41) is 6.63. The molecule has 3 amide bonds. The number of amides is 3. The summed E-state index contributed by atoms with van der Waals surface area (Å²) >= 11 is 6.06. The first-order valence-corrected chi connectivity index (χ1v) is 10.6. The minimum atomic E-state index is -0.166. The van der Waals surface area contributed by atoms with E-state index in [1.807, 2.05) is 43.3 Å². The highest BCUT2D eigenvalue weighted by molar-refractivity contribution is 6.30. The van der Waals surface area contributed by atoms with E-state index >= 15 is 0 Å². The van der Waals surface area contributed by atoms with Gasteiger partial charge in [-0.05, 0) is 61.2 Å². The van der Waals surface area contributed by atoms with Gasteiger partial charge in [0.2, 0.25) is 0 Å². The molecule has 0 unspecified atom stereocenters. The van der Waals surface area contributed by atoms with Gasteiger partial charge in [-0.2, -0.15) is 0 Å². The summed E-state index contributed by atoms with van der Waals surface area (Å²) in [5.41, 5.74) is 3.33. The molecule has 4 rings (SSSR count). The van der Waals surface area contributed by atoms with Gasteiger partial charge in [0.15, 0.2) is 0 Å². The van der Waals surface area contributed by atoms with Gasteiger partial charge >= 0.3 is 6.03 Å². The van der Waals surface area contributed by atoms with Crippen LogP contribution in [-0.2, 0) is 10.2 Å². The molecule has 7 heteroatoms. The third-order valence-electron chi connectivity index (χ3n) is 6.10. The van der Waals surface area contributed by atoms with E-state index in [0.29, 0.717) is 43.4 Å². The molecule has 158 valence electrons. The van der Waals surface area contributed by atoms with Crippen LogP contribution in [0.4, 0.5) is 10.5 Å². The van der Waals surface area contributed by atoms with E-state index in [9.17, 15) is 9.59 Å². The van der Waals surface area contributed by atoms with E-state index < -0.39 is 0 Å². The van der Waals surface area contributed by atoms with Crippen LogP contribution < -0.4 is 15.5 Å². The third-order valence-corrected chi connectivity index (χ3v) is 6.35. The predicted molar refractivity (Wildman–Crippen MR) is 117 cm³/mol. The largest absolute Gasteiger partial charge is 0.381 e. The first-order valence-electron chi connectivity index (χ1n) is 10.3. The van der Waals surface area contributed by atoms with Crippen LogP contribution in [0.1, 0.15) is 34.3 Å². The van der Waals surface area contributed by atoms with Crippen molar-refractivity contribution < 1.29 is 14.3 Å². The maximum Gasteiger partial charge on any atom is 0.322 e. The van der Waals surface area contributed by atoms with Crippen LogP contribution >= 0.6 is 11.6 Å². The number of hydrogen-bond acceptors (Lipinski definition) is 3. The van der Waals surface area contributed by atoms with Crippen molar-refractivity contribution in [2.24, 2.45) is 0 Å². The number of carbonyl (C=O) groups is 2. The van der Waals surface area contributed by atoms with Gasteiger partial charge in [-0.3, -0.25) is 9.69 Å². The van der Waals surface area contributed by atoms with Crippen molar-refractivity contribution in [3.05, 3.63) is 64.2 Å². The number of benzene rings is 2. The van der Waals surface area contributed by atoms with Crippen LogP contribution in [0.3, 0.4) is 0 Å². The Balaban J connectivity index is 1.49. The minimum Gasteiger partial charge on any atom is -0.381 e. The summed E-state index contributed by atoms with van der Waals surface area (Å²) in [4.78, 5) is 26.5. The summed E-state index contributed by atoms with van der Waals surface area (Å²) in [6, 6.07) is 13.2. The van der Waals surface area contributed by atoms with Gasteiger partial charge in [-0.1, -0.05) is 23.7 Å². The number of halogens is 1. The summed E-state index contributed by atoms with van der Waals surface area (Å²) < 4.78 is 5.57. The van der Waals surface area contributed by atoms with Gasteiger partial charge in [0.05, 0.1) is 0 Å². The van der Waals surface area contributed by atoms with Crippen molar-refractivity contribution in [1.82, 2.24) is 10.6 Å². The molecule has 2 aliphatic rings. The second kappa shape index (κ2) is 8.66. The number of hydrogen-bond donors (Lipinski definition) is 2. The zero-order valence-electron chi connectivity index (χ0n) is 17.0. The minimum absolute atomic E-state index is 0.0975. The Morgan fingerprint density at radius 3 is 2.57 bits per heavy atom. The Morgan fingerprint density at radius 2 is 1.93 bits per heavy atom. The summed E-state index contributed by atoms with van der Waals surface area (Å²) in [7, 11) is 0. The molecule has 0 spiro atoms. The number of rotatable bonds is 5. The maximum atomic E-state index is 12.9. The van der Waals surface area contributed by atoms with Crippen LogP contribution in [0.2, 0.25) is 5.02 Å². The lowest BCUT2D eigenvalue weighted by molar-refractivity contribution is 0.0487. The first-order chi connectivity index (χ1) is 14.5. The van der Waals surface area contributed by atoms with Crippen LogP contribution in [-0.4, -0.2) is 44.8 Å². The standard InChI is InChI=1S/C23H26ClN3O3/c1-16-14-17(2-7-20(16)27-11-10-25-22(27)29)21(28)26-15-23(8-12-30-13-9-23)18-3-5-19(24)6-4-18/h2-7,14H,8-13,15H2,1H3,(H,25,29)(H,26,28). The molecule has 2 fully saturated rings. The molecule has 2 heterocycles. The Bertz CT molecular complexity index is 939. The van der Waals surface area contributed by atoms with Crippen molar-refractivity contribution in [3.8, 4) is 0 Å². The molecule has 2 saturated heterocycles. The Morgan fingerprint density at radius 1 is 1.20 bits per heavy atom. The fraction of sp³-hybridized carbons (Fsp3) is 0.391. The highest BCUT2D eigenvalue weighted by Crippen LogP contribution is 2.35. The molecule has 0 aromatic heterocycles. The van der Waals surface area contributed by atoms with Gasteiger partial charge < -0.3 is 15.4 Å². The van der Waals surface area contributed by atoms with Crippen molar-refractivity contribution in [2.45, 2.75) is 25.2 Å². The topological polar surface area (TPSA) is 70.7 Å². The van der Waals surface area contributed by atoms with Gasteiger partial charge in [-0.15, -0.1) is 0 Å². The van der Waals surface area contributed by atoms with Gasteiger partial charge in [-0.25, -0.2) is 4.79 Å². The van der Waals surface area contributed by atoms with E-state index in [2.05, 4.69) is 10.6 Å². The first kappa shape index (κ1) is 20.7. The van der Waals surface area contributed by atoms with Crippen LogP contribution in [0.15, 0.2) is 42.5 Å². The van der Waals surface area contributed by atoms with Crippen molar-refractivity contribution >= 4 is 29.2 Å². The molecule has 2 aliphatic heterocycles. The summed E-state index contributed by atoms with van der Waals surface area (Å²) in [5.74, 6) is -0.115. The molecular weight excluding hydrogens is 402 g/mol. The Hall–Kier alpha value is -2.57. The zero-order chi connectivity index (χ0) is 21.1. The van der Waals surface area contributed by atoms with Gasteiger partial charge in [0, 0.05) is 54.5 Å². The van der Waals surface area contributed by atoms with Gasteiger partial charge in [0.1, 0.15) is 0 Å². The monoisotopic (exact) mass is 427 g/mol. The molecule has 2 aromatic rings. The second-order valence-corrected chi connectivity index (χ2v) is 8.40. The highest BCUT2D eigenvalue weighted by atomic mass is 35.5. The fourth-order valence-corrected chi connectivity index (χ4v) is 4.41. The highest BCUT2D eigenvalue weighted by Gasteiger charge is 2.35. The maximum absolute atomic E-state index is 12.9. The number of ether oxygens (including phenoxy) is 1. The average Bonchev–Trinajstić information content (AvgIpc) is 3.18. The van der Waals surface area contributed by atoms with E-state index in [4.69, 9.17) is 16.3 Å². The molecule has 2 aromatic carbocycles. The molecule has 0 aliphatic carbocycles. The van der Waals surface area contributed by atoms with Crippen LogP contribution in [0.25, 0.3) is 0 Å². The molecule has 0 saturated carbocycles. The number of nitrogens with zero attached hydrogens (tertiary/aromatic N) is 1. The summed E-state index contributed by atoms with van der Waals surface area (Å²) in [6.45, 7) is 5.07. The van der Waals surface area contributed by atoms with E-state index in [0.717, 1.165) is 24.1 Å². The molecular formula is C23H26ClN3O3. The second-order valence-electron chi connectivity index (χ2n) is 7.97. The molecule has 6 nitrogen and oxygen atoms in total. The fourth-order valence-electron chi connectivity index (χ4n) is 4.29. The van der Waals surface area contributed by atoms with E-state index in [-0.39, 0.29) is 17.4 Å². The molecule has 0 atom stereocenters. The van der Waals surface area contributed by atoms with E-state index in [1.54, 1.807) is 11.0 Å². The average molecular weight is 428 g/mol. The smallest absolute Gasteiger partial charge is 0.322 e. The lowest BCUT2D eigenvalue weighted by atomic mass is 9.74. The molecule has 0 radical (unpaired) electrons. The molecule has 0 bridgehead atoms. The Labute approximate surface area is 181 Å². The van der Waals surface area contributed by atoms with Gasteiger partial charge in [0.25, 0.3) is 5.91 Å². The number of nitrogens with one attached hydrogen (secondary N) is 2. The molecule has 2 N–H and O–H groups in total. The lowest BCUT2D eigenvalue weighted by Gasteiger charge is -2.38. The number of aryl methyl sites for hydroxylation is 1. The van der Waals surface area contributed by atoms with Crippen molar-refractivity contribution in [2.75, 3.05) is 37.7 Å². The number of carbonyl (C=O) groups excluding carboxylic acids is 2. The van der Waals surface area contributed by atoms with E-state index in [1.165, 1.54) is 5.56 Å². The lowest BCUT2D eigenvalue weighted by Crippen LogP contribution is -2.44. The third kappa shape index (κ3) is 4.16. The predicted octanol–water partition coefficient (Wildman–Crippen LogP) is 3.66. The SMILES string of the molecule is Cc1cc(C(=O)NCC2(c3ccc(Cl)cc3)CCOCC2)ccc1N1CCNC1=O. The van der Waals surface area contributed by atoms with Crippen LogP contribution in [0, 0.1) is 6.92 Å². The summed E-state index contributed by atoms with van der Waals surface area (Å²) in [6.07, 6.45) is 1.69. The number of anilines is 1. The van der Waals surface area contributed by atoms with Crippen LogP contribution in [0.5, 0.6) is 0 Å². The Kier molecular flexibility index (Phi) is 5.97. The normalized spacial score (nSPS) is 18.2. The quantitative estimate of drug-likeness (QED) is 0.765.